The van der Waals surface area contributed by atoms with Crippen LogP contribution in [0.3, 0.4) is 0 Å². The van der Waals surface area contributed by atoms with Gasteiger partial charge < -0.3 is 14.2 Å². The molecule has 0 saturated carbocycles. The van der Waals surface area contributed by atoms with Crippen molar-refractivity contribution in [3.05, 3.63) is 77.7 Å². The molecule has 6 nitrogen and oxygen atoms in total. The summed E-state index contributed by atoms with van der Waals surface area (Å²) in [5.74, 6) is 0.660. The highest BCUT2D eigenvalue weighted by Crippen LogP contribution is 2.36. The fraction of sp³-hybridized carbons (Fsp3) is 0.208. The van der Waals surface area contributed by atoms with Crippen LogP contribution in [0.25, 0.3) is 10.8 Å². The maximum atomic E-state index is 13.5. The van der Waals surface area contributed by atoms with Crippen molar-refractivity contribution in [2.24, 2.45) is 0 Å². The molecule has 0 bridgehead atoms. The van der Waals surface area contributed by atoms with Gasteiger partial charge in [0.15, 0.2) is 0 Å². The number of hydrogen-bond donors (Lipinski definition) is 0. The summed E-state index contributed by atoms with van der Waals surface area (Å²) < 4.78 is 33.1. The van der Waals surface area contributed by atoms with Gasteiger partial charge in [-0.1, -0.05) is 42.0 Å². The van der Waals surface area contributed by atoms with Gasteiger partial charge in [0.2, 0.25) is 26.6 Å². The predicted octanol–water partition coefficient (Wildman–Crippen LogP) is 4.87. The molecular weight excluding hydrogens is 442 g/mol. The number of anilines is 2. The lowest BCUT2D eigenvalue weighted by Gasteiger charge is -2.36. The van der Waals surface area contributed by atoms with E-state index in [0.717, 1.165) is 29.2 Å². The third kappa shape index (κ3) is 3.91. The first kappa shape index (κ1) is 20.8. The molecule has 1 aliphatic rings. The Labute approximate surface area is 191 Å². The van der Waals surface area contributed by atoms with Gasteiger partial charge in [0, 0.05) is 31.9 Å². The molecular formula is C24H23N3O3S2. The van der Waals surface area contributed by atoms with Crippen molar-refractivity contribution in [2.45, 2.75) is 16.8 Å². The van der Waals surface area contributed by atoms with Crippen LogP contribution in [0.2, 0.25) is 0 Å². The largest absolute Gasteiger partial charge is 0.418 e. The van der Waals surface area contributed by atoms with Crippen molar-refractivity contribution in [1.29, 1.82) is 0 Å². The second-order valence-electron chi connectivity index (χ2n) is 7.73. The Morgan fingerprint density at radius 3 is 2.22 bits per heavy atom. The normalized spacial score (nSPS) is 14.7. The Bertz CT molecular complexity index is 1290. The number of rotatable bonds is 5. The van der Waals surface area contributed by atoms with E-state index in [-0.39, 0.29) is 9.92 Å². The number of aromatic nitrogens is 1. The summed E-state index contributed by atoms with van der Waals surface area (Å²) in [4.78, 5) is 9.79. The summed E-state index contributed by atoms with van der Waals surface area (Å²) in [5.41, 5.74) is 2.16. The van der Waals surface area contributed by atoms with Gasteiger partial charge in [-0.2, -0.15) is 4.98 Å². The number of oxazole rings is 1. The van der Waals surface area contributed by atoms with Crippen LogP contribution >= 0.6 is 11.3 Å². The smallest absolute Gasteiger partial charge is 0.240 e. The van der Waals surface area contributed by atoms with E-state index in [0.29, 0.717) is 24.9 Å². The zero-order valence-corrected chi connectivity index (χ0v) is 19.3. The van der Waals surface area contributed by atoms with E-state index in [1.807, 2.05) is 47.5 Å². The Kier molecular flexibility index (Phi) is 5.48. The van der Waals surface area contributed by atoms with Crippen molar-refractivity contribution >= 4 is 32.7 Å². The lowest BCUT2D eigenvalue weighted by atomic mass is 10.2. The van der Waals surface area contributed by atoms with Crippen LogP contribution in [-0.4, -0.2) is 39.6 Å². The Hall–Kier alpha value is -3.10. The highest BCUT2D eigenvalue weighted by molar-refractivity contribution is 7.91. The molecule has 0 radical (unpaired) electrons. The molecule has 32 heavy (non-hydrogen) atoms. The molecule has 1 fully saturated rings. The van der Waals surface area contributed by atoms with Gasteiger partial charge in [-0.05, 0) is 42.6 Å². The third-order valence-electron chi connectivity index (χ3n) is 5.59. The first-order chi connectivity index (χ1) is 15.5. The van der Waals surface area contributed by atoms with Crippen molar-refractivity contribution in [3.63, 3.8) is 0 Å². The van der Waals surface area contributed by atoms with Gasteiger partial charge in [0.05, 0.1) is 9.77 Å². The number of hydrogen-bond acceptors (Lipinski definition) is 7. The fourth-order valence-electron chi connectivity index (χ4n) is 3.81. The summed E-state index contributed by atoms with van der Waals surface area (Å²) in [6.07, 6.45) is 0. The van der Waals surface area contributed by atoms with Crippen LogP contribution in [0.4, 0.5) is 11.6 Å². The lowest BCUT2D eigenvalue weighted by molar-refractivity contribution is 0.526. The number of benzene rings is 2. The van der Waals surface area contributed by atoms with Crippen molar-refractivity contribution in [2.75, 3.05) is 36.0 Å². The highest BCUT2D eigenvalue weighted by atomic mass is 32.2. The summed E-state index contributed by atoms with van der Waals surface area (Å²) in [5, 5.41) is 1.91. The predicted molar refractivity (Wildman–Crippen MR) is 127 cm³/mol. The summed E-state index contributed by atoms with van der Waals surface area (Å²) >= 11 is 1.47. The van der Waals surface area contributed by atoms with Crippen molar-refractivity contribution in [3.8, 4) is 10.8 Å². The molecule has 2 aromatic heterocycles. The van der Waals surface area contributed by atoms with Gasteiger partial charge in [-0.25, -0.2) is 8.42 Å². The molecule has 0 amide bonds. The quantitative estimate of drug-likeness (QED) is 0.419. The Morgan fingerprint density at radius 2 is 1.56 bits per heavy atom. The fourth-order valence-corrected chi connectivity index (χ4v) is 5.78. The van der Waals surface area contributed by atoms with Gasteiger partial charge in [0.1, 0.15) is 0 Å². The molecule has 5 rings (SSSR count). The van der Waals surface area contributed by atoms with E-state index in [9.17, 15) is 8.42 Å². The SMILES string of the molecule is Cc1ccc(S(=O)(=O)c2nc(-c3cccs3)oc2N2CCN(c3ccccc3)CC2)cc1. The molecule has 0 unspecified atom stereocenters. The summed E-state index contributed by atoms with van der Waals surface area (Å²) in [6.45, 7) is 4.75. The average Bonchev–Trinajstić information content (AvgIpc) is 3.51. The standard InChI is InChI=1S/C24H23N3O3S2/c1-18-9-11-20(12-10-18)32(28,29)23-24(30-22(25-23)21-8-5-17-31-21)27-15-13-26(14-16-27)19-6-3-2-4-7-19/h2-12,17H,13-16H2,1H3. The minimum atomic E-state index is -3.83. The van der Waals surface area contributed by atoms with E-state index >= 15 is 0 Å². The van der Waals surface area contributed by atoms with Crippen LogP contribution < -0.4 is 9.80 Å². The van der Waals surface area contributed by atoms with E-state index in [1.165, 1.54) is 11.3 Å². The minimum absolute atomic E-state index is 0.0158. The summed E-state index contributed by atoms with van der Waals surface area (Å²) in [7, 11) is -3.83. The molecule has 164 valence electrons. The first-order valence-corrected chi connectivity index (χ1v) is 12.8. The lowest BCUT2D eigenvalue weighted by Crippen LogP contribution is -2.46. The zero-order valence-electron chi connectivity index (χ0n) is 17.6. The highest BCUT2D eigenvalue weighted by Gasteiger charge is 2.33. The van der Waals surface area contributed by atoms with Crippen LogP contribution in [-0.2, 0) is 9.84 Å². The third-order valence-corrected chi connectivity index (χ3v) is 8.11. The molecule has 1 aliphatic heterocycles. The molecule has 8 heteroatoms. The molecule has 3 heterocycles. The van der Waals surface area contributed by atoms with E-state index in [2.05, 4.69) is 22.0 Å². The molecule has 0 N–H and O–H groups in total. The second kappa shape index (κ2) is 8.44. The van der Waals surface area contributed by atoms with Crippen molar-refractivity contribution in [1.82, 2.24) is 4.98 Å². The van der Waals surface area contributed by atoms with Gasteiger partial charge in [0.25, 0.3) is 0 Å². The molecule has 4 aromatic rings. The number of para-hydroxylation sites is 1. The van der Waals surface area contributed by atoms with Crippen LogP contribution in [0.5, 0.6) is 0 Å². The van der Waals surface area contributed by atoms with Gasteiger partial charge in [-0.3, -0.25) is 0 Å². The van der Waals surface area contributed by atoms with Crippen LogP contribution in [0.15, 0.2) is 86.4 Å². The van der Waals surface area contributed by atoms with Crippen LogP contribution in [0, 0.1) is 6.92 Å². The van der Waals surface area contributed by atoms with E-state index in [1.54, 1.807) is 24.3 Å². The number of nitrogens with zero attached hydrogens (tertiary/aromatic N) is 3. The van der Waals surface area contributed by atoms with E-state index < -0.39 is 9.84 Å². The van der Waals surface area contributed by atoms with Gasteiger partial charge >= 0.3 is 0 Å². The minimum Gasteiger partial charge on any atom is -0.418 e. The maximum absolute atomic E-state index is 13.5. The molecule has 1 saturated heterocycles. The van der Waals surface area contributed by atoms with Gasteiger partial charge in [-0.15, -0.1) is 11.3 Å². The van der Waals surface area contributed by atoms with Crippen molar-refractivity contribution < 1.29 is 12.8 Å². The van der Waals surface area contributed by atoms with Crippen LogP contribution in [0.1, 0.15) is 5.56 Å². The topological polar surface area (TPSA) is 66.7 Å². The molecule has 0 spiro atoms. The molecule has 0 atom stereocenters. The molecule has 0 aliphatic carbocycles. The number of aryl methyl sites for hydroxylation is 1. The molecule has 2 aromatic carbocycles. The first-order valence-electron chi connectivity index (χ1n) is 10.4. The average molecular weight is 466 g/mol. The zero-order chi connectivity index (χ0) is 22.1. The Balaban J connectivity index is 1.50. The second-order valence-corrected chi connectivity index (χ2v) is 10.5. The van der Waals surface area contributed by atoms with E-state index in [4.69, 9.17) is 4.42 Å². The maximum Gasteiger partial charge on any atom is 0.240 e. The number of piperazine rings is 1. The Morgan fingerprint density at radius 1 is 0.875 bits per heavy atom. The monoisotopic (exact) mass is 465 g/mol. The summed E-state index contributed by atoms with van der Waals surface area (Å²) in [6, 6.07) is 20.9. The number of sulfone groups is 1. The number of thiophene rings is 1.